The van der Waals surface area contributed by atoms with Crippen molar-refractivity contribution >= 4 is 5.97 Å². The second-order valence-electron chi connectivity index (χ2n) is 5.28. The topological polar surface area (TPSA) is 53.0 Å². The monoisotopic (exact) mass is 242 g/mol. The summed E-state index contributed by atoms with van der Waals surface area (Å²) in [5, 5.41) is 9.48. The van der Waals surface area contributed by atoms with Crippen molar-refractivity contribution in [3.8, 4) is 0 Å². The fourth-order valence-corrected chi connectivity index (χ4v) is 2.64. The minimum Gasteiger partial charge on any atom is -0.481 e. The predicted molar refractivity (Wildman–Crippen MR) is 64.1 cm³/mol. The molecule has 5 nitrogen and oxygen atoms in total. The highest BCUT2D eigenvalue weighted by atomic mass is 16.5. The first kappa shape index (κ1) is 12.8. The van der Waals surface area contributed by atoms with Crippen molar-refractivity contribution in [3.63, 3.8) is 0 Å². The summed E-state index contributed by atoms with van der Waals surface area (Å²) >= 11 is 0. The number of carbonyl (C=O) groups is 1. The standard InChI is InChI=1S/C12H22N2O3/c1-13-4-6-14(7-5-13)10-12(11(15)16)2-8-17-9-3-12/h2-10H2,1H3,(H,15,16). The van der Waals surface area contributed by atoms with Gasteiger partial charge in [0.1, 0.15) is 0 Å². The Morgan fingerprint density at radius 2 is 1.82 bits per heavy atom. The molecule has 2 aliphatic heterocycles. The maximum atomic E-state index is 11.5. The van der Waals surface area contributed by atoms with Gasteiger partial charge in [-0.3, -0.25) is 9.69 Å². The lowest BCUT2D eigenvalue weighted by Gasteiger charge is -2.40. The molecular weight excluding hydrogens is 220 g/mol. The third-order valence-corrected chi connectivity index (χ3v) is 4.03. The van der Waals surface area contributed by atoms with Gasteiger partial charge in [-0.25, -0.2) is 0 Å². The Kier molecular flexibility index (Phi) is 4.01. The molecule has 2 saturated heterocycles. The van der Waals surface area contributed by atoms with Gasteiger partial charge in [-0.2, -0.15) is 0 Å². The number of aliphatic carboxylic acids is 1. The normalized spacial score (nSPS) is 26.9. The van der Waals surface area contributed by atoms with Crippen LogP contribution in [0.3, 0.4) is 0 Å². The highest BCUT2D eigenvalue weighted by Crippen LogP contribution is 2.32. The lowest BCUT2D eigenvalue weighted by Crippen LogP contribution is -2.52. The minimum atomic E-state index is -0.653. The molecule has 5 heteroatoms. The summed E-state index contributed by atoms with van der Waals surface area (Å²) in [6, 6.07) is 0. The van der Waals surface area contributed by atoms with Crippen LogP contribution in [-0.4, -0.2) is 73.9 Å². The zero-order chi connectivity index (χ0) is 12.3. The van der Waals surface area contributed by atoms with Crippen LogP contribution in [0.2, 0.25) is 0 Å². The van der Waals surface area contributed by atoms with E-state index in [9.17, 15) is 9.90 Å². The minimum absolute atomic E-state index is 0.575. The Balaban J connectivity index is 1.95. The fourth-order valence-electron chi connectivity index (χ4n) is 2.64. The zero-order valence-corrected chi connectivity index (χ0v) is 10.5. The molecule has 98 valence electrons. The van der Waals surface area contributed by atoms with Gasteiger partial charge in [0.25, 0.3) is 0 Å². The summed E-state index contributed by atoms with van der Waals surface area (Å²) in [5.41, 5.74) is -0.575. The molecule has 0 atom stereocenters. The Hall–Kier alpha value is -0.650. The summed E-state index contributed by atoms with van der Waals surface area (Å²) in [6.07, 6.45) is 1.29. The van der Waals surface area contributed by atoms with E-state index in [4.69, 9.17) is 4.74 Å². The smallest absolute Gasteiger partial charge is 0.311 e. The van der Waals surface area contributed by atoms with E-state index in [1.165, 1.54) is 0 Å². The van der Waals surface area contributed by atoms with Gasteiger partial charge in [0.15, 0.2) is 0 Å². The summed E-state index contributed by atoms with van der Waals surface area (Å²) in [7, 11) is 2.11. The lowest BCUT2D eigenvalue weighted by atomic mass is 9.79. The molecular formula is C12H22N2O3. The van der Waals surface area contributed by atoms with Crippen LogP contribution in [0.25, 0.3) is 0 Å². The number of carboxylic acid groups (broad SMARTS) is 1. The Morgan fingerprint density at radius 3 is 2.35 bits per heavy atom. The third kappa shape index (κ3) is 2.97. The van der Waals surface area contributed by atoms with Crippen molar-refractivity contribution in [3.05, 3.63) is 0 Å². The number of nitrogens with zero attached hydrogens (tertiary/aromatic N) is 2. The molecule has 0 aliphatic carbocycles. The number of piperazine rings is 1. The Bertz CT molecular complexity index is 269. The molecule has 0 unspecified atom stereocenters. The molecule has 0 bridgehead atoms. The van der Waals surface area contributed by atoms with Crippen LogP contribution < -0.4 is 0 Å². The van der Waals surface area contributed by atoms with E-state index in [-0.39, 0.29) is 0 Å². The molecule has 0 saturated carbocycles. The van der Waals surface area contributed by atoms with Gasteiger partial charge < -0.3 is 14.7 Å². The first-order chi connectivity index (χ1) is 8.12. The van der Waals surface area contributed by atoms with Crippen molar-refractivity contribution in [1.29, 1.82) is 0 Å². The Labute approximate surface area is 102 Å². The summed E-state index contributed by atoms with van der Waals surface area (Å²) in [4.78, 5) is 16.1. The van der Waals surface area contributed by atoms with E-state index in [1.54, 1.807) is 0 Å². The third-order valence-electron chi connectivity index (χ3n) is 4.03. The number of carboxylic acids is 1. The van der Waals surface area contributed by atoms with Crippen LogP contribution in [0.1, 0.15) is 12.8 Å². The fraction of sp³-hybridized carbons (Fsp3) is 0.917. The molecule has 2 fully saturated rings. The zero-order valence-electron chi connectivity index (χ0n) is 10.5. The van der Waals surface area contributed by atoms with Gasteiger partial charge in [0.05, 0.1) is 5.41 Å². The van der Waals surface area contributed by atoms with Gasteiger partial charge in [-0.05, 0) is 19.9 Å². The SMILES string of the molecule is CN1CCN(CC2(C(=O)O)CCOCC2)CC1. The van der Waals surface area contributed by atoms with Crippen LogP contribution in [0.5, 0.6) is 0 Å². The average Bonchev–Trinajstić information content (AvgIpc) is 2.33. The maximum absolute atomic E-state index is 11.5. The molecule has 0 aromatic carbocycles. The Morgan fingerprint density at radius 1 is 1.24 bits per heavy atom. The van der Waals surface area contributed by atoms with Crippen molar-refractivity contribution < 1.29 is 14.6 Å². The van der Waals surface area contributed by atoms with Crippen LogP contribution >= 0.6 is 0 Å². The van der Waals surface area contributed by atoms with Crippen LogP contribution in [0, 0.1) is 5.41 Å². The summed E-state index contributed by atoms with van der Waals surface area (Å²) in [6.45, 7) is 5.87. The molecule has 0 amide bonds. The summed E-state index contributed by atoms with van der Waals surface area (Å²) in [5.74, 6) is -0.653. The predicted octanol–water partition coefficient (Wildman–Crippen LogP) is 0.115. The molecule has 0 aromatic heterocycles. The molecule has 0 aromatic rings. The van der Waals surface area contributed by atoms with Crippen molar-refractivity contribution in [1.82, 2.24) is 9.80 Å². The lowest BCUT2D eigenvalue weighted by molar-refractivity contribution is -0.157. The van der Waals surface area contributed by atoms with Gasteiger partial charge >= 0.3 is 5.97 Å². The molecule has 2 aliphatic rings. The highest BCUT2D eigenvalue weighted by Gasteiger charge is 2.41. The average molecular weight is 242 g/mol. The van der Waals surface area contributed by atoms with Gasteiger partial charge in [0.2, 0.25) is 0 Å². The molecule has 1 N–H and O–H groups in total. The molecule has 0 spiro atoms. The van der Waals surface area contributed by atoms with Crippen molar-refractivity contribution in [2.75, 3.05) is 53.0 Å². The number of ether oxygens (including phenoxy) is 1. The quantitative estimate of drug-likeness (QED) is 0.761. The van der Waals surface area contributed by atoms with Crippen LogP contribution in [-0.2, 0) is 9.53 Å². The van der Waals surface area contributed by atoms with Crippen LogP contribution in [0.15, 0.2) is 0 Å². The second-order valence-corrected chi connectivity index (χ2v) is 5.28. The van der Waals surface area contributed by atoms with E-state index >= 15 is 0 Å². The number of rotatable bonds is 3. The highest BCUT2D eigenvalue weighted by molar-refractivity contribution is 5.75. The molecule has 2 heterocycles. The van der Waals surface area contributed by atoms with E-state index < -0.39 is 11.4 Å². The maximum Gasteiger partial charge on any atom is 0.311 e. The van der Waals surface area contributed by atoms with Gasteiger partial charge in [-0.1, -0.05) is 0 Å². The van der Waals surface area contributed by atoms with Crippen LogP contribution in [0.4, 0.5) is 0 Å². The van der Waals surface area contributed by atoms with Crippen molar-refractivity contribution in [2.24, 2.45) is 5.41 Å². The largest absolute Gasteiger partial charge is 0.481 e. The van der Waals surface area contributed by atoms with E-state index in [0.29, 0.717) is 32.6 Å². The van der Waals surface area contributed by atoms with E-state index in [2.05, 4.69) is 16.8 Å². The molecule has 0 radical (unpaired) electrons. The number of hydrogen-bond acceptors (Lipinski definition) is 4. The first-order valence-corrected chi connectivity index (χ1v) is 6.34. The summed E-state index contributed by atoms with van der Waals surface area (Å²) < 4.78 is 5.29. The second kappa shape index (κ2) is 5.33. The van der Waals surface area contributed by atoms with Gasteiger partial charge in [0, 0.05) is 45.9 Å². The molecule has 2 rings (SSSR count). The van der Waals surface area contributed by atoms with E-state index in [1.807, 2.05) is 0 Å². The van der Waals surface area contributed by atoms with E-state index in [0.717, 1.165) is 26.2 Å². The first-order valence-electron chi connectivity index (χ1n) is 6.34. The molecule has 17 heavy (non-hydrogen) atoms. The number of hydrogen-bond donors (Lipinski definition) is 1. The van der Waals surface area contributed by atoms with Crippen molar-refractivity contribution in [2.45, 2.75) is 12.8 Å². The number of likely N-dealkylation sites (N-methyl/N-ethyl adjacent to an activating group) is 1. The van der Waals surface area contributed by atoms with Gasteiger partial charge in [-0.15, -0.1) is 0 Å².